The van der Waals surface area contributed by atoms with Crippen LogP contribution >= 0.6 is 11.3 Å². The molecule has 2 aromatic heterocycles. The lowest BCUT2D eigenvalue weighted by molar-refractivity contribution is 0.354. The number of nitrogens with zero attached hydrogens (tertiary/aromatic N) is 3. The van der Waals surface area contributed by atoms with Crippen LogP contribution in [0.15, 0.2) is 70.3 Å². The molecule has 3 aromatic carbocycles. The molecule has 164 valence electrons. The Bertz CT molecular complexity index is 1670. The van der Waals surface area contributed by atoms with Gasteiger partial charge < -0.3 is 9.47 Å². The lowest BCUT2D eigenvalue weighted by Crippen LogP contribution is -2.28. The molecule has 33 heavy (non-hydrogen) atoms. The van der Waals surface area contributed by atoms with Crippen LogP contribution in [-0.2, 0) is 6.42 Å². The smallest absolute Gasteiger partial charge is 0.296 e. The molecular formula is C25H19N3O4S. The summed E-state index contributed by atoms with van der Waals surface area (Å²) in [7, 11) is 3.11. The Kier molecular flexibility index (Phi) is 5.35. The molecule has 7 nitrogen and oxygen atoms in total. The third-order valence-corrected chi connectivity index (χ3v) is 6.34. The van der Waals surface area contributed by atoms with Crippen molar-refractivity contribution in [2.75, 3.05) is 14.2 Å². The molecule has 0 atom stereocenters. The van der Waals surface area contributed by atoms with Gasteiger partial charge in [0.1, 0.15) is 5.69 Å². The Morgan fingerprint density at radius 1 is 0.970 bits per heavy atom. The van der Waals surface area contributed by atoms with Gasteiger partial charge in [0.15, 0.2) is 11.5 Å². The van der Waals surface area contributed by atoms with Gasteiger partial charge in [0, 0.05) is 6.42 Å². The largest absolute Gasteiger partial charge is 0.493 e. The Balaban J connectivity index is 1.59. The van der Waals surface area contributed by atoms with Crippen LogP contribution in [0.5, 0.6) is 11.5 Å². The molecule has 2 heterocycles. The Labute approximate surface area is 192 Å². The molecule has 0 radical (unpaired) electrons. The van der Waals surface area contributed by atoms with Crippen molar-refractivity contribution in [3.05, 3.63) is 103 Å². The highest BCUT2D eigenvalue weighted by Gasteiger charge is 2.13. The minimum absolute atomic E-state index is 0.186. The van der Waals surface area contributed by atoms with E-state index in [2.05, 4.69) is 10.1 Å². The normalized spacial score (nSPS) is 11.9. The van der Waals surface area contributed by atoms with Crippen LogP contribution < -0.4 is 25.1 Å². The lowest BCUT2D eigenvalue weighted by Gasteiger charge is -2.09. The lowest BCUT2D eigenvalue weighted by atomic mass is 10.0. The predicted molar refractivity (Wildman–Crippen MR) is 128 cm³/mol. The SMILES string of the molecule is COc1ccc(Cc2nn3c(=O)/c(=C\c4cccc5ccccc45)sc3nc2=O)cc1OC. The predicted octanol–water partition coefficient (Wildman–Crippen LogP) is 2.82. The zero-order chi connectivity index (χ0) is 22.9. The number of hydrogen-bond donors (Lipinski definition) is 0. The fourth-order valence-electron chi connectivity index (χ4n) is 3.75. The molecule has 0 unspecified atom stereocenters. The van der Waals surface area contributed by atoms with Crippen LogP contribution in [0.3, 0.4) is 0 Å². The van der Waals surface area contributed by atoms with E-state index in [4.69, 9.17) is 9.47 Å². The highest BCUT2D eigenvalue weighted by atomic mass is 32.1. The van der Waals surface area contributed by atoms with Crippen molar-refractivity contribution in [1.29, 1.82) is 0 Å². The number of methoxy groups -OCH3 is 2. The monoisotopic (exact) mass is 457 g/mol. The number of fused-ring (bicyclic) bond motifs is 2. The van der Waals surface area contributed by atoms with Gasteiger partial charge >= 0.3 is 0 Å². The maximum Gasteiger partial charge on any atom is 0.296 e. The molecule has 5 aromatic rings. The summed E-state index contributed by atoms with van der Waals surface area (Å²) in [6.45, 7) is 0. The molecule has 0 aliphatic heterocycles. The molecule has 0 aliphatic carbocycles. The van der Waals surface area contributed by atoms with Gasteiger partial charge in [-0.1, -0.05) is 59.9 Å². The zero-order valence-electron chi connectivity index (χ0n) is 17.9. The summed E-state index contributed by atoms with van der Waals surface area (Å²) in [5.41, 5.74) is 1.15. The summed E-state index contributed by atoms with van der Waals surface area (Å²) in [6.07, 6.45) is 2.04. The molecule has 0 saturated carbocycles. The first-order chi connectivity index (χ1) is 16.1. The quantitative estimate of drug-likeness (QED) is 0.404. The summed E-state index contributed by atoms with van der Waals surface area (Å²) in [6, 6.07) is 19.3. The van der Waals surface area contributed by atoms with E-state index in [1.807, 2.05) is 54.6 Å². The van der Waals surface area contributed by atoms with Crippen molar-refractivity contribution in [2.24, 2.45) is 0 Å². The molecule has 0 amide bonds. The molecule has 0 fully saturated rings. The Hall–Kier alpha value is -4.04. The van der Waals surface area contributed by atoms with Gasteiger partial charge in [-0.25, -0.2) is 0 Å². The van der Waals surface area contributed by atoms with Gasteiger partial charge in [-0.2, -0.15) is 14.6 Å². The number of aromatic nitrogens is 3. The van der Waals surface area contributed by atoms with E-state index in [1.54, 1.807) is 26.4 Å². The summed E-state index contributed by atoms with van der Waals surface area (Å²) in [5, 5.41) is 6.47. The maximum atomic E-state index is 13.1. The van der Waals surface area contributed by atoms with Crippen LogP contribution in [0, 0.1) is 0 Å². The Morgan fingerprint density at radius 2 is 1.76 bits per heavy atom. The molecule has 0 N–H and O–H groups in total. The minimum Gasteiger partial charge on any atom is -0.493 e. The highest BCUT2D eigenvalue weighted by Crippen LogP contribution is 2.28. The fourth-order valence-corrected chi connectivity index (χ4v) is 4.65. The summed E-state index contributed by atoms with van der Waals surface area (Å²) < 4.78 is 12.3. The van der Waals surface area contributed by atoms with Crippen molar-refractivity contribution in [2.45, 2.75) is 6.42 Å². The van der Waals surface area contributed by atoms with Crippen molar-refractivity contribution in [3.8, 4) is 11.5 Å². The third kappa shape index (κ3) is 3.85. The van der Waals surface area contributed by atoms with Gasteiger partial charge in [0.2, 0.25) is 4.96 Å². The van der Waals surface area contributed by atoms with E-state index >= 15 is 0 Å². The van der Waals surface area contributed by atoms with Crippen molar-refractivity contribution in [3.63, 3.8) is 0 Å². The topological polar surface area (TPSA) is 82.8 Å². The number of ether oxygens (including phenoxy) is 2. The van der Waals surface area contributed by atoms with E-state index in [0.29, 0.717) is 16.0 Å². The molecule has 0 bridgehead atoms. The zero-order valence-corrected chi connectivity index (χ0v) is 18.8. The Morgan fingerprint density at radius 3 is 2.58 bits per heavy atom. The molecular weight excluding hydrogens is 438 g/mol. The molecule has 0 spiro atoms. The summed E-state index contributed by atoms with van der Waals surface area (Å²) in [4.78, 5) is 30.1. The van der Waals surface area contributed by atoms with E-state index in [9.17, 15) is 9.59 Å². The van der Waals surface area contributed by atoms with E-state index in [1.165, 1.54) is 4.52 Å². The van der Waals surface area contributed by atoms with Crippen LogP contribution in [0.1, 0.15) is 16.8 Å². The van der Waals surface area contributed by atoms with Gasteiger partial charge in [0.25, 0.3) is 11.1 Å². The van der Waals surface area contributed by atoms with E-state index in [0.717, 1.165) is 33.2 Å². The first-order valence-corrected chi connectivity index (χ1v) is 11.0. The standard InChI is InChI=1S/C25H19N3O4S/c1-31-20-11-10-15(13-21(20)32-2)12-19-23(29)26-25-28(27-19)24(30)22(33-25)14-17-8-5-7-16-6-3-4-9-18(16)17/h3-11,13-14H,12H2,1-2H3/b22-14+. The van der Waals surface area contributed by atoms with Crippen molar-refractivity contribution < 1.29 is 9.47 Å². The maximum absolute atomic E-state index is 13.1. The second-order valence-corrected chi connectivity index (χ2v) is 8.42. The summed E-state index contributed by atoms with van der Waals surface area (Å²) in [5.74, 6) is 1.14. The van der Waals surface area contributed by atoms with Crippen LogP contribution in [0.2, 0.25) is 0 Å². The van der Waals surface area contributed by atoms with Gasteiger partial charge in [-0.15, -0.1) is 0 Å². The second-order valence-electron chi connectivity index (χ2n) is 7.41. The molecule has 5 rings (SSSR count). The van der Waals surface area contributed by atoms with Crippen molar-refractivity contribution >= 4 is 33.1 Å². The first-order valence-electron chi connectivity index (χ1n) is 10.2. The summed E-state index contributed by atoms with van der Waals surface area (Å²) >= 11 is 1.15. The van der Waals surface area contributed by atoms with Gasteiger partial charge in [-0.3, -0.25) is 9.59 Å². The number of hydrogen-bond acceptors (Lipinski definition) is 7. The van der Waals surface area contributed by atoms with Crippen LogP contribution in [0.25, 0.3) is 21.8 Å². The average Bonchev–Trinajstić information content (AvgIpc) is 3.13. The van der Waals surface area contributed by atoms with Crippen LogP contribution in [0.4, 0.5) is 0 Å². The van der Waals surface area contributed by atoms with E-state index < -0.39 is 5.56 Å². The number of benzene rings is 3. The van der Waals surface area contributed by atoms with Gasteiger partial charge in [-0.05, 0) is 40.1 Å². The number of thiazole rings is 1. The first kappa shape index (κ1) is 20.8. The molecule has 0 aliphatic rings. The second kappa shape index (κ2) is 8.48. The van der Waals surface area contributed by atoms with Crippen molar-refractivity contribution in [1.82, 2.24) is 14.6 Å². The fraction of sp³-hybridized carbons (Fsp3) is 0.120. The van der Waals surface area contributed by atoms with E-state index in [-0.39, 0.29) is 22.6 Å². The van der Waals surface area contributed by atoms with Gasteiger partial charge in [0.05, 0.1) is 18.8 Å². The highest BCUT2D eigenvalue weighted by molar-refractivity contribution is 7.15. The molecule has 0 saturated heterocycles. The minimum atomic E-state index is -0.456. The van der Waals surface area contributed by atoms with Crippen LogP contribution in [-0.4, -0.2) is 28.8 Å². The molecule has 8 heteroatoms. The average molecular weight is 458 g/mol. The third-order valence-electron chi connectivity index (χ3n) is 5.38. The number of rotatable bonds is 5.